The highest BCUT2D eigenvalue weighted by Gasteiger charge is 2.54. The average Bonchev–Trinajstić information content (AvgIpc) is 3.16. The summed E-state index contributed by atoms with van der Waals surface area (Å²) in [5.41, 5.74) is 0.279. The number of aliphatic carboxylic acids is 1. The minimum atomic E-state index is -0.843. The molecule has 112 valence electrons. The van der Waals surface area contributed by atoms with Crippen molar-refractivity contribution in [3.63, 3.8) is 0 Å². The molecule has 1 N–H and O–H groups in total. The second-order valence-corrected chi connectivity index (χ2v) is 6.22. The van der Waals surface area contributed by atoms with Gasteiger partial charge < -0.3 is 10.0 Å². The third-order valence-corrected chi connectivity index (χ3v) is 4.77. The molecular weight excluding hydrogens is 273 g/mol. The van der Waals surface area contributed by atoms with Gasteiger partial charge in [0.1, 0.15) is 5.82 Å². The van der Waals surface area contributed by atoms with Crippen molar-refractivity contribution >= 4 is 11.9 Å². The van der Waals surface area contributed by atoms with Crippen molar-refractivity contribution in [2.45, 2.75) is 25.2 Å². The van der Waals surface area contributed by atoms with Gasteiger partial charge in [0.25, 0.3) is 0 Å². The maximum atomic E-state index is 13.0. The summed E-state index contributed by atoms with van der Waals surface area (Å²) in [6.07, 6.45) is 1.50. The van der Waals surface area contributed by atoms with E-state index < -0.39 is 17.3 Å². The van der Waals surface area contributed by atoms with E-state index in [2.05, 4.69) is 0 Å². The van der Waals surface area contributed by atoms with Crippen LogP contribution in [0.3, 0.4) is 0 Å². The lowest BCUT2D eigenvalue weighted by molar-refractivity contribution is -0.142. The van der Waals surface area contributed by atoms with Crippen LogP contribution in [0.4, 0.5) is 4.39 Å². The summed E-state index contributed by atoms with van der Waals surface area (Å²) in [5.74, 6) is -1.69. The lowest BCUT2D eigenvalue weighted by Gasteiger charge is -2.23. The standard InChI is InChI=1S/C16H18FNO3/c1-10-8-18(9-13(10)14(19)20)15(21)16(6-7-16)11-2-4-12(17)5-3-11/h2-5,10,13H,6-9H2,1H3,(H,19,20). The third kappa shape index (κ3) is 2.30. The summed E-state index contributed by atoms with van der Waals surface area (Å²) in [6.45, 7) is 2.63. The molecule has 21 heavy (non-hydrogen) atoms. The van der Waals surface area contributed by atoms with Gasteiger partial charge in [-0.15, -0.1) is 0 Å². The number of carboxylic acid groups (broad SMARTS) is 1. The summed E-state index contributed by atoms with van der Waals surface area (Å²) >= 11 is 0. The Kier molecular flexibility index (Phi) is 3.23. The number of hydrogen-bond donors (Lipinski definition) is 1. The number of benzene rings is 1. The Morgan fingerprint density at radius 3 is 2.33 bits per heavy atom. The first-order valence-corrected chi connectivity index (χ1v) is 7.22. The summed E-state index contributed by atoms with van der Waals surface area (Å²) in [5, 5.41) is 9.17. The highest BCUT2D eigenvalue weighted by atomic mass is 19.1. The van der Waals surface area contributed by atoms with Crippen molar-refractivity contribution in [1.29, 1.82) is 0 Å². The van der Waals surface area contributed by atoms with Crippen molar-refractivity contribution in [2.24, 2.45) is 11.8 Å². The molecule has 1 amide bonds. The molecule has 1 aromatic rings. The number of likely N-dealkylation sites (tertiary alicyclic amines) is 1. The fourth-order valence-corrected chi connectivity index (χ4v) is 3.28. The van der Waals surface area contributed by atoms with Gasteiger partial charge in [0.2, 0.25) is 5.91 Å². The summed E-state index contributed by atoms with van der Waals surface area (Å²) in [4.78, 5) is 25.6. The molecule has 1 saturated carbocycles. The van der Waals surface area contributed by atoms with Crippen LogP contribution in [0.15, 0.2) is 24.3 Å². The minimum absolute atomic E-state index is 0.00953. The molecule has 2 aliphatic rings. The Morgan fingerprint density at radius 1 is 1.24 bits per heavy atom. The molecule has 0 bridgehead atoms. The third-order valence-electron chi connectivity index (χ3n) is 4.77. The maximum absolute atomic E-state index is 13.0. The van der Waals surface area contributed by atoms with Crippen molar-refractivity contribution in [3.8, 4) is 0 Å². The van der Waals surface area contributed by atoms with Gasteiger partial charge in [-0.05, 0) is 36.5 Å². The predicted molar refractivity (Wildman–Crippen MR) is 74.2 cm³/mol. The fourth-order valence-electron chi connectivity index (χ4n) is 3.28. The van der Waals surface area contributed by atoms with Crippen molar-refractivity contribution in [2.75, 3.05) is 13.1 Å². The van der Waals surface area contributed by atoms with E-state index in [9.17, 15) is 14.0 Å². The summed E-state index contributed by atoms with van der Waals surface area (Å²) in [7, 11) is 0. The SMILES string of the molecule is CC1CN(C(=O)C2(c3ccc(F)cc3)CC2)CC1C(=O)O. The molecule has 0 radical (unpaired) electrons. The molecule has 4 nitrogen and oxygen atoms in total. The molecule has 1 heterocycles. The van der Waals surface area contributed by atoms with Crippen LogP contribution in [0.5, 0.6) is 0 Å². The molecule has 0 aromatic heterocycles. The first kappa shape index (κ1) is 14.0. The van der Waals surface area contributed by atoms with Crippen LogP contribution < -0.4 is 0 Å². The number of carboxylic acids is 1. The van der Waals surface area contributed by atoms with Crippen LogP contribution in [0, 0.1) is 17.7 Å². The van der Waals surface area contributed by atoms with Gasteiger partial charge in [-0.2, -0.15) is 0 Å². The van der Waals surface area contributed by atoms with Gasteiger partial charge in [-0.3, -0.25) is 9.59 Å². The van der Waals surface area contributed by atoms with Gasteiger partial charge >= 0.3 is 5.97 Å². The first-order chi connectivity index (χ1) is 9.94. The van der Waals surface area contributed by atoms with Crippen LogP contribution in [0.25, 0.3) is 0 Å². The van der Waals surface area contributed by atoms with Crippen LogP contribution in [0.1, 0.15) is 25.3 Å². The average molecular weight is 291 g/mol. The molecular formula is C16H18FNO3. The Morgan fingerprint density at radius 2 is 1.86 bits per heavy atom. The zero-order valence-corrected chi connectivity index (χ0v) is 11.9. The van der Waals surface area contributed by atoms with Gasteiger partial charge in [-0.25, -0.2) is 4.39 Å². The Balaban J connectivity index is 1.80. The second kappa shape index (κ2) is 4.83. The number of amides is 1. The van der Waals surface area contributed by atoms with Gasteiger partial charge in [-0.1, -0.05) is 19.1 Å². The van der Waals surface area contributed by atoms with E-state index in [1.807, 2.05) is 6.92 Å². The number of carbonyl (C=O) groups excluding carboxylic acids is 1. The van der Waals surface area contributed by atoms with Gasteiger partial charge in [0, 0.05) is 13.1 Å². The van der Waals surface area contributed by atoms with E-state index in [1.165, 1.54) is 12.1 Å². The van der Waals surface area contributed by atoms with Crippen molar-refractivity contribution in [1.82, 2.24) is 4.90 Å². The highest BCUT2D eigenvalue weighted by Crippen LogP contribution is 2.50. The Labute approximate surface area is 122 Å². The number of hydrogen-bond acceptors (Lipinski definition) is 2. The van der Waals surface area contributed by atoms with E-state index in [-0.39, 0.29) is 24.2 Å². The van der Waals surface area contributed by atoms with Gasteiger partial charge in [0.15, 0.2) is 0 Å². The van der Waals surface area contributed by atoms with E-state index in [4.69, 9.17) is 5.11 Å². The summed E-state index contributed by atoms with van der Waals surface area (Å²) in [6, 6.07) is 6.06. The van der Waals surface area contributed by atoms with E-state index in [0.29, 0.717) is 6.54 Å². The molecule has 5 heteroatoms. The molecule has 2 fully saturated rings. The second-order valence-electron chi connectivity index (χ2n) is 6.22. The fraction of sp³-hybridized carbons (Fsp3) is 0.500. The zero-order valence-electron chi connectivity index (χ0n) is 11.9. The van der Waals surface area contributed by atoms with Gasteiger partial charge in [0.05, 0.1) is 11.3 Å². The number of carbonyl (C=O) groups is 2. The quantitative estimate of drug-likeness (QED) is 0.927. The lowest BCUT2D eigenvalue weighted by atomic mass is 9.94. The van der Waals surface area contributed by atoms with Crippen LogP contribution in [-0.2, 0) is 15.0 Å². The number of halogens is 1. The zero-order chi connectivity index (χ0) is 15.2. The topological polar surface area (TPSA) is 57.6 Å². The highest BCUT2D eigenvalue weighted by molar-refractivity contribution is 5.92. The van der Waals surface area contributed by atoms with Crippen LogP contribution in [-0.4, -0.2) is 35.0 Å². The predicted octanol–water partition coefficient (Wildman–Crippen LogP) is 2.04. The van der Waals surface area contributed by atoms with E-state index >= 15 is 0 Å². The Bertz CT molecular complexity index is 580. The minimum Gasteiger partial charge on any atom is -0.481 e. The van der Waals surface area contributed by atoms with Crippen LogP contribution >= 0.6 is 0 Å². The largest absolute Gasteiger partial charge is 0.481 e. The molecule has 1 saturated heterocycles. The number of nitrogens with zero attached hydrogens (tertiary/aromatic N) is 1. The lowest BCUT2D eigenvalue weighted by Crippen LogP contribution is -2.38. The molecule has 0 spiro atoms. The molecule has 1 aromatic carbocycles. The number of rotatable bonds is 3. The Hall–Kier alpha value is -1.91. The smallest absolute Gasteiger partial charge is 0.308 e. The van der Waals surface area contributed by atoms with E-state index in [1.54, 1.807) is 17.0 Å². The van der Waals surface area contributed by atoms with E-state index in [0.717, 1.165) is 18.4 Å². The molecule has 3 rings (SSSR count). The van der Waals surface area contributed by atoms with Crippen molar-refractivity contribution in [3.05, 3.63) is 35.6 Å². The first-order valence-electron chi connectivity index (χ1n) is 7.22. The molecule has 2 unspecified atom stereocenters. The van der Waals surface area contributed by atoms with Crippen LogP contribution in [0.2, 0.25) is 0 Å². The molecule has 1 aliphatic carbocycles. The maximum Gasteiger partial charge on any atom is 0.308 e. The normalized spacial score (nSPS) is 26.7. The van der Waals surface area contributed by atoms with Crippen molar-refractivity contribution < 1.29 is 19.1 Å². The monoisotopic (exact) mass is 291 g/mol. The molecule has 1 aliphatic heterocycles. The summed E-state index contributed by atoms with van der Waals surface area (Å²) < 4.78 is 13.0. The molecule has 2 atom stereocenters.